The van der Waals surface area contributed by atoms with Gasteiger partial charge in [0.15, 0.2) is 5.82 Å². The van der Waals surface area contributed by atoms with E-state index in [-0.39, 0.29) is 23.8 Å². The summed E-state index contributed by atoms with van der Waals surface area (Å²) in [7, 11) is 0. The van der Waals surface area contributed by atoms with Gasteiger partial charge in [-0.1, -0.05) is 6.07 Å². The van der Waals surface area contributed by atoms with Gasteiger partial charge in [-0.25, -0.2) is 0 Å². The van der Waals surface area contributed by atoms with E-state index in [4.69, 9.17) is 0 Å². The van der Waals surface area contributed by atoms with E-state index in [0.29, 0.717) is 25.4 Å². The standard InChI is InChI=1S/C23H28N6O2/c1-15-8-9-20(27-26-15)28-13-16-11-17(14-28)22(29-19(16)6-4-7-21(29)30)23(31)25-12-18-5-2-3-10-24-18/h2-3,5,8-10,16-17,19,22H,4,6-7,11-14H2,1H3,(H,25,31)/t16-,17+,19+,22-/m1/s1. The Morgan fingerprint density at radius 1 is 1.16 bits per heavy atom. The lowest BCUT2D eigenvalue weighted by Crippen LogP contribution is -2.68. The van der Waals surface area contributed by atoms with E-state index in [0.717, 1.165) is 43.0 Å². The number of anilines is 1. The van der Waals surface area contributed by atoms with Crippen LogP contribution >= 0.6 is 0 Å². The van der Waals surface area contributed by atoms with Crippen molar-refractivity contribution >= 4 is 17.6 Å². The maximum Gasteiger partial charge on any atom is 0.243 e. The number of hydrogen-bond donors (Lipinski definition) is 1. The van der Waals surface area contributed by atoms with Crippen molar-refractivity contribution in [1.29, 1.82) is 0 Å². The van der Waals surface area contributed by atoms with Crippen LogP contribution in [0.25, 0.3) is 0 Å². The number of amides is 2. The molecule has 5 heterocycles. The van der Waals surface area contributed by atoms with Gasteiger partial charge in [-0.2, -0.15) is 5.10 Å². The van der Waals surface area contributed by atoms with Crippen molar-refractivity contribution in [3.63, 3.8) is 0 Å². The Hall–Kier alpha value is -3.03. The molecule has 8 nitrogen and oxygen atoms in total. The van der Waals surface area contributed by atoms with E-state index >= 15 is 0 Å². The molecule has 2 bridgehead atoms. The molecule has 2 aromatic rings. The lowest BCUT2D eigenvalue weighted by atomic mass is 9.71. The Morgan fingerprint density at radius 3 is 2.81 bits per heavy atom. The fourth-order valence-electron chi connectivity index (χ4n) is 5.53. The normalized spacial score (nSPS) is 27.6. The molecule has 0 spiro atoms. The fraction of sp³-hybridized carbons (Fsp3) is 0.522. The topological polar surface area (TPSA) is 91.3 Å². The van der Waals surface area contributed by atoms with Gasteiger partial charge in [0.05, 0.1) is 17.9 Å². The van der Waals surface area contributed by atoms with E-state index in [1.807, 2.05) is 42.2 Å². The number of nitrogens with one attached hydrogen (secondary N) is 1. The SMILES string of the molecule is Cc1ccc(N2C[C@H]3C[C@@H](C2)[C@H](C(=O)NCc2ccccn2)N2C(=O)CCC[C@@H]32)nn1. The van der Waals surface area contributed by atoms with E-state index in [1.54, 1.807) is 6.20 Å². The Balaban J connectivity index is 1.40. The first-order valence-electron chi connectivity index (χ1n) is 11.1. The predicted octanol–water partition coefficient (Wildman–Crippen LogP) is 1.70. The number of rotatable bonds is 4. The van der Waals surface area contributed by atoms with Gasteiger partial charge in [-0.15, -0.1) is 5.10 Å². The number of hydrogen-bond acceptors (Lipinski definition) is 6. The zero-order valence-corrected chi connectivity index (χ0v) is 17.8. The van der Waals surface area contributed by atoms with Gasteiger partial charge < -0.3 is 15.1 Å². The molecule has 0 aromatic carbocycles. The van der Waals surface area contributed by atoms with E-state index in [9.17, 15) is 9.59 Å². The summed E-state index contributed by atoms with van der Waals surface area (Å²) >= 11 is 0. The third-order valence-corrected chi connectivity index (χ3v) is 6.89. The highest BCUT2D eigenvalue weighted by atomic mass is 16.2. The third kappa shape index (κ3) is 3.86. The molecule has 0 unspecified atom stereocenters. The van der Waals surface area contributed by atoms with Crippen molar-refractivity contribution < 1.29 is 9.59 Å². The second-order valence-electron chi connectivity index (χ2n) is 8.94. The summed E-state index contributed by atoms with van der Waals surface area (Å²) in [6.07, 6.45) is 5.08. The van der Waals surface area contributed by atoms with Crippen LogP contribution in [0.1, 0.15) is 37.1 Å². The van der Waals surface area contributed by atoms with Gasteiger partial charge in [0.2, 0.25) is 11.8 Å². The van der Waals surface area contributed by atoms with Gasteiger partial charge in [-0.3, -0.25) is 14.6 Å². The number of fused-ring (bicyclic) bond motifs is 4. The molecule has 162 valence electrons. The Kier molecular flexibility index (Phi) is 5.29. The first kappa shape index (κ1) is 19.9. The zero-order valence-electron chi connectivity index (χ0n) is 17.8. The van der Waals surface area contributed by atoms with Crippen LogP contribution in [-0.2, 0) is 16.1 Å². The Labute approximate surface area is 182 Å². The van der Waals surface area contributed by atoms with Crippen molar-refractivity contribution in [3.8, 4) is 0 Å². The van der Waals surface area contributed by atoms with Crippen LogP contribution in [-0.4, -0.2) is 57.1 Å². The van der Waals surface area contributed by atoms with Crippen molar-refractivity contribution in [2.24, 2.45) is 11.8 Å². The van der Waals surface area contributed by atoms with Crippen LogP contribution in [0.2, 0.25) is 0 Å². The molecule has 31 heavy (non-hydrogen) atoms. The molecule has 4 atom stereocenters. The van der Waals surface area contributed by atoms with E-state index in [2.05, 4.69) is 25.4 Å². The first-order chi connectivity index (χ1) is 15.1. The monoisotopic (exact) mass is 420 g/mol. The molecule has 0 aliphatic carbocycles. The molecule has 1 N–H and O–H groups in total. The molecule has 2 amide bonds. The lowest BCUT2D eigenvalue weighted by Gasteiger charge is -2.56. The molecule has 8 heteroatoms. The molecule has 2 aromatic heterocycles. The van der Waals surface area contributed by atoms with Gasteiger partial charge in [0, 0.05) is 37.7 Å². The third-order valence-electron chi connectivity index (χ3n) is 6.89. The van der Waals surface area contributed by atoms with Crippen LogP contribution in [0.15, 0.2) is 36.5 Å². The van der Waals surface area contributed by atoms with Gasteiger partial charge in [0.25, 0.3) is 0 Å². The summed E-state index contributed by atoms with van der Waals surface area (Å²) in [5.41, 5.74) is 1.70. The zero-order chi connectivity index (χ0) is 21.4. The Morgan fingerprint density at radius 2 is 2.03 bits per heavy atom. The molecule has 0 saturated carbocycles. The van der Waals surface area contributed by atoms with Crippen LogP contribution in [0.5, 0.6) is 0 Å². The van der Waals surface area contributed by atoms with Crippen LogP contribution < -0.4 is 10.2 Å². The summed E-state index contributed by atoms with van der Waals surface area (Å²) < 4.78 is 0. The molecule has 3 aliphatic rings. The summed E-state index contributed by atoms with van der Waals surface area (Å²) in [6, 6.07) is 9.30. The number of carbonyl (C=O) groups excluding carboxylic acids is 2. The summed E-state index contributed by atoms with van der Waals surface area (Å²) in [4.78, 5) is 34.8. The van der Waals surface area contributed by atoms with Gasteiger partial charge in [-0.05, 0) is 56.4 Å². The fourth-order valence-corrected chi connectivity index (χ4v) is 5.53. The number of nitrogens with zero attached hydrogens (tertiary/aromatic N) is 5. The summed E-state index contributed by atoms with van der Waals surface area (Å²) in [5, 5.41) is 11.6. The number of aromatic nitrogens is 3. The minimum atomic E-state index is -0.445. The maximum absolute atomic E-state index is 13.4. The molecule has 3 aliphatic heterocycles. The van der Waals surface area contributed by atoms with Crippen molar-refractivity contribution in [1.82, 2.24) is 25.4 Å². The second-order valence-corrected chi connectivity index (χ2v) is 8.94. The van der Waals surface area contributed by atoms with Crippen LogP contribution in [0, 0.1) is 18.8 Å². The highest BCUT2D eigenvalue weighted by Crippen LogP contribution is 2.42. The average molecular weight is 421 g/mol. The van der Waals surface area contributed by atoms with Gasteiger partial charge in [0.1, 0.15) is 6.04 Å². The second kappa shape index (κ2) is 8.24. The highest BCUT2D eigenvalue weighted by Gasteiger charge is 2.52. The number of piperidine rings is 3. The number of aryl methyl sites for hydroxylation is 1. The minimum Gasteiger partial charge on any atom is -0.354 e. The molecule has 3 saturated heterocycles. The van der Waals surface area contributed by atoms with Crippen molar-refractivity contribution in [2.45, 2.75) is 51.2 Å². The Bertz CT molecular complexity index is 950. The average Bonchev–Trinajstić information content (AvgIpc) is 2.79. The quantitative estimate of drug-likeness (QED) is 0.810. The molecule has 5 rings (SSSR count). The predicted molar refractivity (Wildman–Crippen MR) is 115 cm³/mol. The van der Waals surface area contributed by atoms with E-state index in [1.165, 1.54) is 0 Å². The van der Waals surface area contributed by atoms with E-state index < -0.39 is 6.04 Å². The van der Waals surface area contributed by atoms with Gasteiger partial charge >= 0.3 is 0 Å². The molecule has 3 fully saturated rings. The molecule has 0 radical (unpaired) electrons. The smallest absolute Gasteiger partial charge is 0.243 e. The van der Waals surface area contributed by atoms with Crippen LogP contribution in [0.3, 0.4) is 0 Å². The first-order valence-corrected chi connectivity index (χ1v) is 11.1. The maximum atomic E-state index is 13.4. The minimum absolute atomic E-state index is 0.0730. The summed E-state index contributed by atoms with van der Waals surface area (Å²) in [5.74, 6) is 1.32. The number of pyridine rings is 1. The van der Waals surface area contributed by atoms with Crippen molar-refractivity contribution in [3.05, 3.63) is 47.9 Å². The molecular formula is C23H28N6O2. The molecular weight excluding hydrogens is 392 g/mol. The van der Waals surface area contributed by atoms with Crippen molar-refractivity contribution in [2.75, 3.05) is 18.0 Å². The summed E-state index contributed by atoms with van der Waals surface area (Å²) in [6.45, 7) is 3.85. The highest BCUT2D eigenvalue weighted by molar-refractivity contribution is 5.89. The largest absolute Gasteiger partial charge is 0.354 e. The van der Waals surface area contributed by atoms with Crippen LogP contribution in [0.4, 0.5) is 5.82 Å². The number of carbonyl (C=O) groups is 2. The lowest BCUT2D eigenvalue weighted by molar-refractivity contribution is -0.156.